The third kappa shape index (κ3) is 5.31. The molecule has 44 heavy (non-hydrogen) atoms. The average Bonchev–Trinajstić information content (AvgIpc) is 3.68. The predicted molar refractivity (Wildman–Crippen MR) is 168 cm³/mol. The summed E-state index contributed by atoms with van der Waals surface area (Å²) >= 11 is 1.03. The van der Waals surface area contributed by atoms with E-state index < -0.39 is 28.7 Å². The Kier molecular flexibility index (Phi) is 8.26. The molecule has 1 aliphatic rings. The molecule has 2 aromatic carbocycles. The molecule has 2 aromatic heterocycles. The fourth-order valence-corrected chi connectivity index (χ4v) is 6.13. The van der Waals surface area contributed by atoms with E-state index in [-0.39, 0.29) is 22.4 Å². The van der Waals surface area contributed by atoms with E-state index in [4.69, 9.17) is 0 Å². The molecule has 1 aliphatic heterocycles. The number of aryl methyl sites for hydroxylation is 1. The molecule has 0 radical (unpaired) electrons. The van der Waals surface area contributed by atoms with Crippen molar-refractivity contribution in [1.82, 2.24) is 20.2 Å². The molecular formula is C31H33N5O7S. The molecule has 0 aliphatic carbocycles. The van der Waals surface area contributed by atoms with Gasteiger partial charge in [0.05, 0.1) is 16.8 Å². The van der Waals surface area contributed by atoms with E-state index in [9.17, 15) is 35.1 Å². The van der Waals surface area contributed by atoms with Crippen LogP contribution in [0.15, 0.2) is 23.6 Å². The molecule has 0 spiro atoms. The van der Waals surface area contributed by atoms with E-state index in [1.54, 1.807) is 29.7 Å². The van der Waals surface area contributed by atoms with Crippen LogP contribution >= 0.6 is 11.3 Å². The van der Waals surface area contributed by atoms with Gasteiger partial charge in [0.15, 0.2) is 11.5 Å². The molecule has 230 valence electrons. The summed E-state index contributed by atoms with van der Waals surface area (Å²) in [6.07, 6.45) is 1.71. The molecule has 5 rings (SSSR count). The van der Waals surface area contributed by atoms with Crippen LogP contribution in [-0.2, 0) is 4.79 Å². The predicted octanol–water partition coefficient (Wildman–Crippen LogP) is 4.51. The maximum absolute atomic E-state index is 13.0. The summed E-state index contributed by atoms with van der Waals surface area (Å²) in [7, 11) is 0. The summed E-state index contributed by atoms with van der Waals surface area (Å²) in [4.78, 5) is 36.0. The number of aromatic hydroxyl groups is 5. The molecule has 0 saturated carbocycles. The van der Waals surface area contributed by atoms with Gasteiger partial charge in [0.2, 0.25) is 17.2 Å². The number of nitrogens with one attached hydrogen (secondary N) is 3. The number of aromatic amines is 1. The molecule has 0 saturated heterocycles. The van der Waals surface area contributed by atoms with Crippen LogP contribution in [0.3, 0.4) is 0 Å². The van der Waals surface area contributed by atoms with Gasteiger partial charge in [-0.15, -0.1) is 11.3 Å². The zero-order valence-electron chi connectivity index (χ0n) is 24.6. The number of amides is 2. The van der Waals surface area contributed by atoms with E-state index in [1.807, 2.05) is 13.8 Å². The standard InChI is InChI=1S/C31H33N5O7S/c1-5-36(6-2)10-9-32-30(43)22-14(3)20(33-15(22)4)12-18-17-11-16(7-8-19(17)34-29(18)42)21-13-44-31(35-21)23-24(37)26(39)28(41)27(40)25(23)38/h7-8,11-13,33,37-41H,5-6,9-10H2,1-4H3,(H,32,43)(H,34,42)/b18-12-. The molecule has 3 heterocycles. The van der Waals surface area contributed by atoms with Crippen molar-refractivity contribution in [2.24, 2.45) is 0 Å². The lowest BCUT2D eigenvalue weighted by atomic mass is 10.0. The molecular weight excluding hydrogens is 586 g/mol. The van der Waals surface area contributed by atoms with Crippen molar-refractivity contribution in [3.8, 4) is 50.6 Å². The number of thiazole rings is 1. The number of fused-ring (bicyclic) bond motifs is 1. The number of phenols is 5. The number of H-pyrrole nitrogens is 1. The molecule has 0 fully saturated rings. The highest BCUT2D eigenvalue weighted by Crippen LogP contribution is 2.55. The number of aromatic nitrogens is 2. The number of rotatable bonds is 9. The summed E-state index contributed by atoms with van der Waals surface area (Å²) < 4.78 is 0. The van der Waals surface area contributed by atoms with Gasteiger partial charge in [-0.05, 0) is 50.7 Å². The largest absolute Gasteiger partial charge is 0.504 e. The minimum atomic E-state index is -1.05. The van der Waals surface area contributed by atoms with E-state index in [1.165, 1.54) is 0 Å². The van der Waals surface area contributed by atoms with Gasteiger partial charge in [-0.3, -0.25) is 9.59 Å². The molecule has 4 aromatic rings. The first-order chi connectivity index (χ1) is 21.0. The van der Waals surface area contributed by atoms with Crippen molar-refractivity contribution >= 4 is 40.5 Å². The van der Waals surface area contributed by atoms with Crippen LogP contribution in [0.25, 0.3) is 33.5 Å². The Morgan fingerprint density at radius 2 is 1.68 bits per heavy atom. The van der Waals surface area contributed by atoms with Crippen LogP contribution in [-0.4, -0.2) is 78.4 Å². The van der Waals surface area contributed by atoms with Gasteiger partial charge in [0.25, 0.3) is 11.8 Å². The van der Waals surface area contributed by atoms with Crippen LogP contribution in [0.5, 0.6) is 28.7 Å². The van der Waals surface area contributed by atoms with Gasteiger partial charge in [-0.1, -0.05) is 19.9 Å². The summed E-state index contributed by atoms with van der Waals surface area (Å²) in [6.45, 7) is 10.9. The first-order valence-electron chi connectivity index (χ1n) is 14.0. The van der Waals surface area contributed by atoms with Gasteiger partial charge in [0.1, 0.15) is 10.6 Å². The Balaban J connectivity index is 1.45. The van der Waals surface area contributed by atoms with Crippen molar-refractivity contribution < 1.29 is 35.1 Å². The van der Waals surface area contributed by atoms with E-state index >= 15 is 0 Å². The number of hydrogen-bond acceptors (Lipinski definition) is 10. The van der Waals surface area contributed by atoms with Gasteiger partial charge in [0, 0.05) is 46.7 Å². The fourth-order valence-electron chi connectivity index (χ4n) is 5.26. The first kappa shape index (κ1) is 30.4. The van der Waals surface area contributed by atoms with Crippen molar-refractivity contribution in [2.75, 3.05) is 31.5 Å². The van der Waals surface area contributed by atoms with Crippen molar-refractivity contribution in [3.05, 3.63) is 51.7 Å². The Morgan fingerprint density at radius 1 is 1.02 bits per heavy atom. The minimum absolute atomic E-state index is 0.0754. The highest BCUT2D eigenvalue weighted by atomic mass is 32.1. The van der Waals surface area contributed by atoms with Gasteiger partial charge in [-0.25, -0.2) is 4.98 Å². The number of benzene rings is 2. The van der Waals surface area contributed by atoms with Crippen molar-refractivity contribution in [3.63, 3.8) is 0 Å². The second-order valence-corrected chi connectivity index (χ2v) is 11.2. The van der Waals surface area contributed by atoms with Gasteiger partial charge in [-0.2, -0.15) is 0 Å². The van der Waals surface area contributed by atoms with Crippen LogP contribution in [0.4, 0.5) is 5.69 Å². The maximum Gasteiger partial charge on any atom is 0.256 e. The monoisotopic (exact) mass is 619 g/mol. The number of carbonyl (C=O) groups excluding carboxylic acids is 2. The molecule has 0 bridgehead atoms. The summed E-state index contributed by atoms with van der Waals surface area (Å²) in [5.74, 6) is -5.18. The first-order valence-corrected chi connectivity index (χ1v) is 14.9. The number of phenolic OH excluding ortho intramolecular Hbond substituents is 5. The summed E-state index contributed by atoms with van der Waals surface area (Å²) in [6, 6.07) is 5.25. The summed E-state index contributed by atoms with van der Waals surface area (Å²) in [5, 5.41) is 57.8. The van der Waals surface area contributed by atoms with E-state index in [0.29, 0.717) is 51.6 Å². The fraction of sp³-hybridized carbons (Fsp3) is 0.258. The normalized spacial score (nSPS) is 13.5. The molecule has 2 amide bonds. The topological polar surface area (TPSA) is 191 Å². The zero-order valence-corrected chi connectivity index (χ0v) is 25.4. The number of anilines is 1. The van der Waals surface area contributed by atoms with Crippen LogP contribution in [0.2, 0.25) is 0 Å². The van der Waals surface area contributed by atoms with Gasteiger partial charge < -0.3 is 46.1 Å². The second-order valence-electron chi connectivity index (χ2n) is 10.4. The average molecular weight is 620 g/mol. The van der Waals surface area contributed by atoms with Crippen LogP contribution < -0.4 is 10.6 Å². The lowest BCUT2D eigenvalue weighted by molar-refractivity contribution is -0.110. The lowest BCUT2D eigenvalue weighted by Gasteiger charge is -2.18. The number of likely N-dealkylation sites (N-methyl/N-ethyl adjacent to an activating group) is 1. The molecule has 12 nitrogen and oxygen atoms in total. The van der Waals surface area contributed by atoms with Crippen molar-refractivity contribution in [2.45, 2.75) is 27.7 Å². The van der Waals surface area contributed by atoms with Crippen LogP contribution in [0.1, 0.15) is 46.7 Å². The third-order valence-electron chi connectivity index (χ3n) is 7.79. The highest BCUT2D eigenvalue weighted by Gasteiger charge is 2.28. The highest BCUT2D eigenvalue weighted by molar-refractivity contribution is 7.13. The van der Waals surface area contributed by atoms with Gasteiger partial charge >= 0.3 is 0 Å². The van der Waals surface area contributed by atoms with E-state index in [2.05, 4.69) is 39.3 Å². The van der Waals surface area contributed by atoms with E-state index in [0.717, 1.165) is 36.5 Å². The number of carbonyl (C=O) groups is 2. The molecule has 13 heteroatoms. The lowest BCUT2D eigenvalue weighted by Crippen LogP contribution is -2.35. The quantitative estimate of drug-likeness (QED) is 0.0756. The van der Waals surface area contributed by atoms with Crippen LogP contribution in [0, 0.1) is 13.8 Å². The smallest absolute Gasteiger partial charge is 0.256 e. The summed E-state index contributed by atoms with van der Waals surface area (Å²) in [5.41, 5.74) is 4.90. The number of hydrogen-bond donors (Lipinski definition) is 8. The molecule has 0 unspecified atom stereocenters. The zero-order chi connectivity index (χ0) is 31.9. The minimum Gasteiger partial charge on any atom is -0.504 e. The third-order valence-corrected chi connectivity index (χ3v) is 8.65. The molecule has 8 N–H and O–H groups in total. The Morgan fingerprint density at radius 3 is 2.34 bits per heavy atom. The SMILES string of the molecule is CCN(CC)CCNC(=O)c1c(C)[nH]c(/C=C2\C(=O)Nc3ccc(-c4csc(-c5c(O)c(O)c(O)c(O)c5O)n4)cc32)c1C. The maximum atomic E-state index is 13.0. The Bertz CT molecular complexity index is 1790. The van der Waals surface area contributed by atoms with Crippen molar-refractivity contribution in [1.29, 1.82) is 0 Å². The number of nitrogens with zero attached hydrogens (tertiary/aromatic N) is 2. The molecule has 0 atom stereocenters. The second kappa shape index (κ2) is 11.9. The Labute approximate surface area is 257 Å². The Hall–Kier alpha value is -5.01.